The lowest BCUT2D eigenvalue weighted by Crippen LogP contribution is -2.35. The van der Waals surface area contributed by atoms with E-state index < -0.39 is 6.10 Å². The molecule has 8 heteroatoms. The van der Waals surface area contributed by atoms with E-state index in [1.165, 1.54) is 17.4 Å². The van der Waals surface area contributed by atoms with Gasteiger partial charge in [0.1, 0.15) is 5.76 Å². The highest BCUT2D eigenvalue weighted by atomic mass is 16.5. The summed E-state index contributed by atoms with van der Waals surface area (Å²) in [7, 11) is 3.34. The fraction of sp³-hybridized carbons (Fsp3) is 0.350. The summed E-state index contributed by atoms with van der Waals surface area (Å²) in [5.41, 5.74) is 3.58. The molecule has 2 rings (SSSR count). The fourth-order valence-corrected chi connectivity index (χ4v) is 2.42. The van der Waals surface area contributed by atoms with Gasteiger partial charge < -0.3 is 18.8 Å². The van der Waals surface area contributed by atoms with Gasteiger partial charge in [0, 0.05) is 14.1 Å². The van der Waals surface area contributed by atoms with Gasteiger partial charge in [0.15, 0.2) is 17.6 Å². The normalized spacial score (nSPS) is 11.9. The molecule has 0 saturated carbocycles. The standard InChI is InChI=1S/C20H25N3O5/c1-6-26-18-11-15(7-8-17(18)28-14(3)20(25)23(4)5)12-21-22-19(24)16-9-10-27-13(16)2/h7-12,14H,6H2,1-5H3,(H,22,24)/b21-12-/t14-/m0/s1. The Hall–Kier alpha value is -3.29. The average molecular weight is 387 g/mol. The fourth-order valence-electron chi connectivity index (χ4n) is 2.42. The van der Waals surface area contributed by atoms with E-state index in [0.717, 1.165) is 0 Å². The summed E-state index contributed by atoms with van der Waals surface area (Å²) in [4.78, 5) is 25.5. The summed E-state index contributed by atoms with van der Waals surface area (Å²) in [6, 6.07) is 6.76. The Morgan fingerprint density at radius 2 is 2.04 bits per heavy atom. The molecule has 1 N–H and O–H groups in total. The minimum Gasteiger partial charge on any atom is -0.490 e. The third kappa shape index (κ3) is 5.35. The molecule has 1 heterocycles. The van der Waals surface area contributed by atoms with Crippen molar-refractivity contribution >= 4 is 18.0 Å². The summed E-state index contributed by atoms with van der Waals surface area (Å²) in [6.07, 6.45) is 2.29. The average Bonchev–Trinajstić information content (AvgIpc) is 3.09. The molecule has 0 radical (unpaired) electrons. The number of benzene rings is 1. The van der Waals surface area contributed by atoms with Crippen molar-refractivity contribution in [1.82, 2.24) is 10.3 Å². The Balaban J connectivity index is 2.09. The molecule has 1 aromatic heterocycles. The van der Waals surface area contributed by atoms with Gasteiger partial charge in [-0.15, -0.1) is 0 Å². The predicted molar refractivity (Wildman–Crippen MR) is 105 cm³/mol. The third-order valence-electron chi connectivity index (χ3n) is 3.84. The van der Waals surface area contributed by atoms with Crippen LogP contribution >= 0.6 is 0 Å². The van der Waals surface area contributed by atoms with Crippen molar-refractivity contribution in [2.45, 2.75) is 26.9 Å². The molecule has 0 fully saturated rings. The second kappa shape index (κ2) is 9.59. The van der Waals surface area contributed by atoms with E-state index in [4.69, 9.17) is 13.9 Å². The number of aryl methyl sites for hydroxylation is 1. The highest BCUT2D eigenvalue weighted by molar-refractivity contribution is 5.95. The number of nitrogens with zero attached hydrogens (tertiary/aromatic N) is 2. The maximum absolute atomic E-state index is 12.0. The topological polar surface area (TPSA) is 93.4 Å². The van der Waals surface area contributed by atoms with E-state index in [-0.39, 0.29) is 11.8 Å². The Morgan fingerprint density at radius 1 is 1.29 bits per heavy atom. The van der Waals surface area contributed by atoms with E-state index >= 15 is 0 Å². The molecule has 0 aliphatic rings. The van der Waals surface area contributed by atoms with Gasteiger partial charge in [0.25, 0.3) is 11.8 Å². The maximum atomic E-state index is 12.0. The lowest BCUT2D eigenvalue weighted by molar-refractivity contribution is -0.135. The molecule has 28 heavy (non-hydrogen) atoms. The largest absolute Gasteiger partial charge is 0.490 e. The number of furan rings is 1. The highest BCUT2D eigenvalue weighted by Crippen LogP contribution is 2.29. The van der Waals surface area contributed by atoms with Crippen molar-refractivity contribution in [3.05, 3.63) is 47.4 Å². The number of hydrogen-bond acceptors (Lipinski definition) is 6. The van der Waals surface area contributed by atoms with Crippen LogP contribution in [-0.4, -0.2) is 49.7 Å². The van der Waals surface area contributed by atoms with Crippen molar-refractivity contribution in [3.63, 3.8) is 0 Å². The Morgan fingerprint density at radius 3 is 2.64 bits per heavy atom. The molecule has 150 valence electrons. The van der Waals surface area contributed by atoms with Crippen molar-refractivity contribution in [2.24, 2.45) is 5.10 Å². The van der Waals surface area contributed by atoms with Crippen molar-refractivity contribution in [3.8, 4) is 11.5 Å². The van der Waals surface area contributed by atoms with E-state index in [1.54, 1.807) is 52.2 Å². The lowest BCUT2D eigenvalue weighted by Gasteiger charge is -2.20. The first-order valence-corrected chi connectivity index (χ1v) is 8.85. The van der Waals surface area contributed by atoms with Crippen LogP contribution < -0.4 is 14.9 Å². The van der Waals surface area contributed by atoms with Crippen LogP contribution in [0.3, 0.4) is 0 Å². The van der Waals surface area contributed by atoms with Crippen LogP contribution in [0.2, 0.25) is 0 Å². The molecule has 1 atom stereocenters. The van der Waals surface area contributed by atoms with Crippen molar-refractivity contribution in [2.75, 3.05) is 20.7 Å². The predicted octanol–water partition coefficient (Wildman–Crippen LogP) is 2.61. The summed E-state index contributed by atoms with van der Waals surface area (Å²) in [5, 5.41) is 3.96. The molecule has 0 saturated heterocycles. The van der Waals surface area contributed by atoms with Crippen LogP contribution in [0, 0.1) is 6.92 Å². The van der Waals surface area contributed by atoms with E-state index in [1.807, 2.05) is 6.92 Å². The quantitative estimate of drug-likeness (QED) is 0.555. The zero-order valence-electron chi connectivity index (χ0n) is 16.7. The molecular formula is C20H25N3O5. The van der Waals surface area contributed by atoms with Crippen molar-refractivity contribution < 1.29 is 23.5 Å². The monoisotopic (exact) mass is 387 g/mol. The van der Waals surface area contributed by atoms with Crippen LogP contribution in [0.5, 0.6) is 11.5 Å². The van der Waals surface area contributed by atoms with E-state index in [0.29, 0.717) is 35.0 Å². The number of hydrogen-bond donors (Lipinski definition) is 1. The number of ether oxygens (including phenoxy) is 2. The minimum atomic E-state index is -0.647. The van der Waals surface area contributed by atoms with Crippen molar-refractivity contribution in [1.29, 1.82) is 0 Å². The van der Waals surface area contributed by atoms with Gasteiger partial charge in [-0.25, -0.2) is 5.43 Å². The van der Waals surface area contributed by atoms with Crippen LogP contribution in [0.4, 0.5) is 0 Å². The second-order valence-corrected chi connectivity index (χ2v) is 6.22. The molecule has 0 bridgehead atoms. The smallest absolute Gasteiger partial charge is 0.274 e. The summed E-state index contributed by atoms with van der Waals surface area (Å²) < 4.78 is 16.4. The Kier molecular flexibility index (Phi) is 7.20. The second-order valence-electron chi connectivity index (χ2n) is 6.22. The van der Waals surface area contributed by atoms with Gasteiger partial charge in [-0.3, -0.25) is 9.59 Å². The third-order valence-corrected chi connectivity index (χ3v) is 3.84. The Bertz CT molecular complexity index is 857. The summed E-state index contributed by atoms with van der Waals surface area (Å²) in [5.74, 6) is 0.963. The molecular weight excluding hydrogens is 362 g/mol. The van der Waals surface area contributed by atoms with Gasteiger partial charge in [-0.05, 0) is 50.6 Å². The number of nitrogens with one attached hydrogen (secondary N) is 1. The van der Waals surface area contributed by atoms with Gasteiger partial charge in [-0.2, -0.15) is 5.10 Å². The molecule has 2 aromatic rings. The Labute approximate surface area is 164 Å². The SMILES string of the molecule is CCOc1cc(/C=N\NC(=O)c2ccoc2C)ccc1O[C@@H](C)C(=O)N(C)C. The van der Waals surface area contributed by atoms with Crippen LogP contribution in [-0.2, 0) is 4.79 Å². The number of carbonyl (C=O) groups is 2. The maximum Gasteiger partial charge on any atom is 0.274 e. The first-order valence-electron chi connectivity index (χ1n) is 8.85. The van der Waals surface area contributed by atoms with Crippen LogP contribution in [0.25, 0.3) is 0 Å². The van der Waals surface area contributed by atoms with Gasteiger partial charge in [-0.1, -0.05) is 0 Å². The first-order chi connectivity index (χ1) is 13.3. The van der Waals surface area contributed by atoms with E-state index in [2.05, 4.69) is 10.5 Å². The minimum absolute atomic E-state index is 0.148. The number of likely N-dealkylation sites (N-methyl/N-ethyl adjacent to an activating group) is 1. The van der Waals surface area contributed by atoms with Crippen LogP contribution in [0.15, 0.2) is 40.0 Å². The lowest BCUT2D eigenvalue weighted by atomic mass is 10.2. The van der Waals surface area contributed by atoms with Crippen LogP contribution in [0.1, 0.15) is 35.5 Å². The first kappa shape index (κ1) is 21.0. The zero-order chi connectivity index (χ0) is 20.7. The zero-order valence-corrected chi connectivity index (χ0v) is 16.7. The molecule has 0 unspecified atom stereocenters. The molecule has 0 spiro atoms. The summed E-state index contributed by atoms with van der Waals surface area (Å²) >= 11 is 0. The molecule has 0 aliphatic carbocycles. The van der Waals surface area contributed by atoms with Gasteiger partial charge in [0.05, 0.1) is 24.6 Å². The highest BCUT2D eigenvalue weighted by Gasteiger charge is 2.18. The molecule has 0 aliphatic heterocycles. The molecule has 8 nitrogen and oxygen atoms in total. The molecule has 2 amide bonds. The number of amides is 2. The van der Waals surface area contributed by atoms with Gasteiger partial charge >= 0.3 is 0 Å². The molecule has 1 aromatic carbocycles. The summed E-state index contributed by atoms with van der Waals surface area (Å²) in [6.45, 7) is 5.67. The number of carbonyl (C=O) groups excluding carboxylic acids is 2. The van der Waals surface area contributed by atoms with Gasteiger partial charge in [0.2, 0.25) is 0 Å². The van der Waals surface area contributed by atoms with E-state index in [9.17, 15) is 9.59 Å². The number of rotatable bonds is 8. The number of hydrazone groups is 1.